The number of ether oxygens (including phenoxy) is 2. The number of carbonyl (C=O) groups excluding carboxylic acids is 4. The van der Waals surface area contributed by atoms with E-state index >= 15 is 0 Å². The lowest BCUT2D eigenvalue weighted by Gasteiger charge is -2.34. The second-order valence-corrected chi connectivity index (χ2v) is 10.7. The summed E-state index contributed by atoms with van der Waals surface area (Å²) in [6, 6.07) is 11.3. The molecule has 2 rings (SSSR count). The maximum atomic E-state index is 14.3. The molecule has 42 heavy (non-hydrogen) atoms. The summed E-state index contributed by atoms with van der Waals surface area (Å²) in [5.74, 6) is -1.36. The number of hydrogen-bond donors (Lipinski definition) is 3. The fraction of sp³-hybridized carbons (Fsp3) is 0.438. The Morgan fingerprint density at radius 2 is 1.76 bits per heavy atom. The Labute approximate surface area is 248 Å². The smallest absolute Gasteiger partial charge is 0.408 e. The third-order valence-electron chi connectivity index (χ3n) is 6.07. The predicted molar refractivity (Wildman–Crippen MR) is 161 cm³/mol. The van der Waals surface area contributed by atoms with Crippen LogP contribution in [-0.4, -0.2) is 65.2 Å². The minimum absolute atomic E-state index is 0.0234. The Morgan fingerprint density at radius 3 is 2.36 bits per heavy atom. The SMILES string of the molecule is C=Cc1cccc(C(C(=O)NCCC(=O)OCC)N(CCC)C(=O)C(Cc2ccc(O)cc2)NC(=O)OC(C)(C)C)c1. The lowest BCUT2D eigenvalue weighted by atomic mass is 9.98. The number of rotatable bonds is 14. The van der Waals surface area contributed by atoms with Gasteiger partial charge in [-0.15, -0.1) is 0 Å². The summed E-state index contributed by atoms with van der Waals surface area (Å²) in [5, 5.41) is 15.2. The molecule has 0 radical (unpaired) electrons. The molecule has 0 saturated carbocycles. The fourth-order valence-electron chi connectivity index (χ4n) is 4.27. The summed E-state index contributed by atoms with van der Waals surface area (Å²) < 4.78 is 10.4. The molecule has 0 spiro atoms. The maximum Gasteiger partial charge on any atom is 0.408 e. The minimum Gasteiger partial charge on any atom is -0.508 e. The van der Waals surface area contributed by atoms with Crippen LogP contribution in [0.4, 0.5) is 4.79 Å². The number of benzene rings is 2. The van der Waals surface area contributed by atoms with E-state index < -0.39 is 41.6 Å². The molecular formula is C32H43N3O7. The van der Waals surface area contributed by atoms with E-state index in [1.165, 1.54) is 17.0 Å². The molecule has 3 N–H and O–H groups in total. The van der Waals surface area contributed by atoms with Gasteiger partial charge >= 0.3 is 12.1 Å². The number of esters is 1. The van der Waals surface area contributed by atoms with Gasteiger partial charge in [0.25, 0.3) is 0 Å². The van der Waals surface area contributed by atoms with E-state index in [4.69, 9.17) is 9.47 Å². The number of hydrogen-bond acceptors (Lipinski definition) is 7. The molecule has 0 aliphatic rings. The van der Waals surface area contributed by atoms with Crippen molar-refractivity contribution in [2.45, 2.75) is 71.6 Å². The van der Waals surface area contributed by atoms with Crippen molar-refractivity contribution in [1.82, 2.24) is 15.5 Å². The highest BCUT2D eigenvalue weighted by Crippen LogP contribution is 2.25. The first-order valence-corrected chi connectivity index (χ1v) is 14.1. The van der Waals surface area contributed by atoms with Crippen molar-refractivity contribution in [3.05, 3.63) is 71.8 Å². The number of nitrogens with one attached hydrogen (secondary N) is 2. The van der Waals surface area contributed by atoms with Gasteiger partial charge in [0.05, 0.1) is 13.0 Å². The van der Waals surface area contributed by atoms with Crippen LogP contribution in [0, 0.1) is 0 Å². The number of aromatic hydroxyl groups is 1. The highest BCUT2D eigenvalue weighted by atomic mass is 16.6. The van der Waals surface area contributed by atoms with Crippen LogP contribution in [0.1, 0.15) is 70.2 Å². The van der Waals surface area contributed by atoms with E-state index in [1.807, 2.05) is 13.0 Å². The second-order valence-electron chi connectivity index (χ2n) is 10.7. The summed E-state index contributed by atoms with van der Waals surface area (Å²) in [6.45, 7) is 13.0. The van der Waals surface area contributed by atoms with Crippen molar-refractivity contribution in [2.75, 3.05) is 19.7 Å². The molecule has 10 nitrogen and oxygen atoms in total. The van der Waals surface area contributed by atoms with E-state index in [9.17, 15) is 24.3 Å². The van der Waals surface area contributed by atoms with Crippen molar-refractivity contribution in [1.29, 1.82) is 0 Å². The molecule has 0 fully saturated rings. The molecule has 0 aliphatic heterocycles. The van der Waals surface area contributed by atoms with Gasteiger partial charge in [-0.2, -0.15) is 0 Å². The first-order chi connectivity index (χ1) is 19.9. The van der Waals surface area contributed by atoms with Gasteiger partial charge < -0.3 is 30.1 Å². The number of phenols is 1. The summed E-state index contributed by atoms with van der Waals surface area (Å²) in [5.41, 5.74) is 1.19. The molecule has 0 heterocycles. The zero-order valence-corrected chi connectivity index (χ0v) is 25.1. The Bertz CT molecular complexity index is 1220. The largest absolute Gasteiger partial charge is 0.508 e. The van der Waals surface area contributed by atoms with Crippen LogP contribution in [0.5, 0.6) is 5.75 Å². The zero-order chi connectivity index (χ0) is 31.3. The Kier molecular flexibility index (Phi) is 13.1. The Morgan fingerprint density at radius 1 is 1.07 bits per heavy atom. The molecule has 3 amide bonds. The highest BCUT2D eigenvalue weighted by molar-refractivity contribution is 5.92. The van der Waals surface area contributed by atoms with Crippen LogP contribution in [-0.2, 0) is 30.3 Å². The average molecular weight is 582 g/mol. The summed E-state index contributed by atoms with van der Waals surface area (Å²) in [4.78, 5) is 54.1. The third kappa shape index (κ3) is 10.9. The molecular weight excluding hydrogens is 538 g/mol. The lowest BCUT2D eigenvalue weighted by molar-refractivity contribution is -0.144. The van der Waals surface area contributed by atoms with Crippen LogP contribution in [0.15, 0.2) is 55.1 Å². The quantitative estimate of drug-likeness (QED) is 0.279. The number of nitrogens with zero attached hydrogens (tertiary/aromatic N) is 1. The summed E-state index contributed by atoms with van der Waals surface area (Å²) >= 11 is 0. The molecule has 2 unspecified atom stereocenters. The van der Waals surface area contributed by atoms with Crippen molar-refractivity contribution >= 4 is 30.0 Å². The van der Waals surface area contributed by atoms with Gasteiger partial charge in [0.2, 0.25) is 11.8 Å². The molecule has 0 aliphatic carbocycles. The van der Waals surface area contributed by atoms with Gasteiger partial charge in [-0.1, -0.05) is 49.9 Å². The van der Waals surface area contributed by atoms with E-state index in [0.717, 1.165) is 5.56 Å². The van der Waals surface area contributed by atoms with Crippen molar-refractivity contribution in [3.63, 3.8) is 0 Å². The normalized spacial score (nSPS) is 12.4. The third-order valence-corrected chi connectivity index (χ3v) is 6.07. The van der Waals surface area contributed by atoms with Crippen molar-refractivity contribution in [3.8, 4) is 5.75 Å². The molecule has 2 aromatic carbocycles. The maximum absolute atomic E-state index is 14.3. The zero-order valence-electron chi connectivity index (χ0n) is 25.1. The van der Waals surface area contributed by atoms with Crippen LogP contribution < -0.4 is 10.6 Å². The van der Waals surface area contributed by atoms with Crippen LogP contribution in [0.3, 0.4) is 0 Å². The van der Waals surface area contributed by atoms with Crippen LogP contribution in [0.25, 0.3) is 6.08 Å². The lowest BCUT2D eigenvalue weighted by Crippen LogP contribution is -2.54. The van der Waals surface area contributed by atoms with Crippen molar-refractivity contribution < 1.29 is 33.8 Å². The Hall–Kier alpha value is -4.34. The summed E-state index contributed by atoms with van der Waals surface area (Å²) in [6.07, 6.45) is 1.45. The van der Waals surface area contributed by atoms with Gasteiger partial charge in [0.15, 0.2) is 0 Å². The average Bonchev–Trinajstić information content (AvgIpc) is 2.92. The number of alkyl carbamates (subject to hydrolysis) is 1. The monoisotopic (exact) mass is 581 g/mol. The molecule has 228 valence electrons. The van der Waals surface area contributed by atoms with Gasteiger partial charge in [-0.05, 0) is 69.0 Å². The number of amides is 3. The molecule has 10 heteroatoms. The van der Waals surface area contributed by atoms with Crippen LogP contribution >= 0.6 is 0 Å². The van der Waals surface area contributed by atoms with E-state index in [-0.39, 0.29) is 38.3 Å². The van der Waals surface area contributed by atoms with Crippen LogP contribution in [0.2, 0.25) is 0 Å². The van der Waals surface area contributed by atoms with Gasteiger partial charge in [0, 0.05) is 19.5 Å². The standard InChI is InChI=1S/C32H43N3O7/c1-7-19-35(28(24-12-10-11-22(8-2)20-24)29(38)33-18-17-27(37)41-9-3)30(39)26(34-31(40)42-32(4,5)6)21-23-13-15-25(36)16-14-23/h8,10-16,20,26,28,36H,2,7,9,17-19,21H2,1,3-6H3,(H,33,38)(H,34,40). The van der Waals surface area contributed by atoms with Crippen molar-refractivity contribution in [2.24, 2.45) is 0 Å². The first kappa shape index (κ1) is 33.9. The predicted octanol–water partition coefficient (Wildman–Crippen LogP) is 4.52. The fourth-order valence-corrected chi connectivity index (χ4v) is 4.27. The minimum atomic E-state index is -1.09. The number of phenolic OH excluding ortho intramolecular Hbond substituents is 1. The van der Waals surface area contributed by atoms with E-state index in [2.05, 4.69) is 17.2 Å². The number of carbonyl (C=O) groups is 4. The van der Waals surface area contributed by atoms with Gasteiger partial charge in [0.1, 0.15) is 23.4 Å². The second kappa shape index (κ2) is 16.2. The van der Waals surface area contributed by atoms with E-state index in [1.54, 1.807) is 64.1 Å². The Balaban J connectivity index is 2.50. The molecule has 0 saturated heterocycles. The molecule has 0 bridgehead atoms. The summed E-state index contributed by atoms with van der Waals surface area (Å²) in [7, 11) is 0. The van der Waals surface area contributed by atoms with Gasteiger partial charge in [-0.25, -0.2) is 4.79 Å². The molecule has 0 aromatic heterocycles. The topological polar surface area (TPSA) is 134 Å². The molecule has 2 aromatic rings. The van der Waals surface area contributed by atoms with E-state index in [0.29, 0.717) is 17.5 Å². The van der Waals surface area contributed by atoms with Gasteiger partial charge in [-0.3, -0.25) is 14.4 Å². The highest BCUT2D eigenvalue weighted by Gasteiger charge is 2.36. The first-order valence-electron chi connectivity index (χ1n) is 14.1. The molecule has 2 atom stereocenters.